The number of nitrogens with zero attached hydrogens (tertiary/aromatic N) is 2. The van der Waals surface area contributed by atoms with Crippen LogP contribution in [-0.4, -0.2) is 33.2 Å². The topological polar surface area (TPSA) is 95.2 Å². The largest absolute Gasteiger partial charge is 0.338 e. The van der Waals surface area contributed by atoms with Gasteiger partial charge in [-0.1, -0.05) is 12.1 Å². The molecule has 0 bridgehead atoms. The van der Waals surface area contributed by atoms with Crippen LogP contribution in [-0.2, 0) is 37.0 Å². The second-order valence-corrected chi connectivity index (χ2v) is 8.35. The number of aromatic amines is 1. The highest BCUT2D eigenvalue weighted by molar-refractivity contribution is 6.05. The van der Waals surface area contributed by atoms with Gasteiger partial charge in [0.1, 0.15) is 5.56 Å². The van der Waals surface area contributed by atoms with Crippen molar-refractivity contribution in [2.75, 3.05) is 11.9 Å². The van der Waals surface area contributed by atoms with Crippen LogP contribution in [0.15, 0.2) is 53.6 Å². The van der Waals surface area contributed by atoms with E-state index in [4.69, 9.17) is 0 Å². The molecule has 5 rings (SSSR count). The van der Waals surface area contributed by atoms with Crippen LogP contribution in [0.25, 0.3) is 0 Å². The minimum Gasteiger partial charge on any atom is -0.338 e. The zero-order valence-electron chi connectivity index (χ0n) is 17.7. The summed E-state index contributed by atoms with van der Waals surface area (Å²) in [6.07, 6.45) is 7.20. The first kappa shape index (κ1) is 20.2. The van der Waals surface area contributed by atoms with Gasteiger partial charge >= 0.3 is 0 Å². The van der Waals surface area contributed by atoms with Crippen LogP contribution in [0.1, 0.15) is 44.7 Å². The summed E-state index contributed by atoms with van der Waals surface area (Å²) < 4.78 is 0. The lowest BCUT2D eigenvalue weighted by Gasteiger charge is -2.29. The first-order chi connectivity index (χ1) is 15.6. The molecule has 0 spiro atoms. The number of anilines is 1. The molecule has 0 radical (unpaired) electrons. The third-order valence-corrected chi connectivity index (χ3v) is 6.28. The van der Waals surface area contributed by atoms with Crippen molar-refractivity contribution in [3.05, 3.63) is 92.7 Å². The maximum atomic E-state index is 13.0. The van der Waals surface area contributed by atoms with Gasteiger partial charge in [0.15, 0.2) is 0 Å². The Hall–Kier alpha value is -3.74. The zero-order valence-corrected chi connectivity index (χ0v) is 17.7. The number of hydrogen-bond acceptors (Lipinski definition) is 4. The molecule has 1 aliphatic heterocycles. The monoisotopic (exact) mass is 428 g/mol. The van der Waals surface area contributed by atoms with Gasteiger partial charge in [-0.2, -0.15) is 0 Å². The molecule has 162 valence electrons. The smallest absolute Gasteiger partial charge is 0.261 e. The van der Waals surface area contributed by atoms with Crippen LogP contribution in [0, 0.1) is 0 Å². The number of carbonyl (C=O) groups excluding carboxylic acids is 2. The minimum atomic E-state index is -0.408. The van der Waals surface area contributed by atoms with Crippen molar-refractivity contribution >= 4 is 17.5 Å². The summed E-state index contributed by atoms with van der Waals surface area (Å²) in [5.74, 6) is -0.431. The third kappa shape index (κ3) is 3.93. The van der Waals surface area contributed by atoms with Gasteiger partial charge in [-0.05, 0) is 72.2 Å². The predicted molar refractivity (Wildman–Crippen MR) is 121 cm³/mol. The van der Waals surface area contributed by atoms with Crippen molar-refractivity contribution in [2.24, 2.45) is 0 Å². The molecule has 0 unspecified atom stereocenters. The quantitative estimate of drug-likeness (QED) is 0.668. The Morgan fingerprint density at radius 1 is 1.06 bits per heavy atom. The fraction of sp³-hybridized carbons (Fsp3) is 0.280. The summed E-state index contributed by atoms with van der Waals surface area (Å²) >= 11 is 0. The van der Waals surface area contributed by atoms with Gasteiger partial charge in [0.2, 0.25) is 5.91 Å². The van der Waals surface area contributed by atoms with E-state index in [1.54, 1.807) is 17.3 Å². The summed E-state index contributed by atoms with van der Waals surface area (Å²) in [5.41, 5.74) is 5.26. The molecule has 2 amide bonds. The number of H-pyrrole nitrogens is 1. The lowest BCUT2D eigenvalue weighted by Crippen LogP contribution is -2.39. The van der Waals surface area contributed by atoms with Crippen molar-refractivity contribution in [1.29, 1.82) is 0 Å². The van der Waals surface area contributed by atoms with E-state index < -0.39 is 11.5 Å². The molecule has 1 aromatic carbocycles. The Morgan fingerprint density at radius 2 is 1.94 bits per heavy atom. The molecule has 0 fully saturated rings. The van der Waals surface area contributed by atoms with Crippen LogP contribution in [0.3, 0.4) is 0 Å². The number of carbonyl (C=O) groups is 2. The number of aryl methyl sites for hydroxylation is 2. The summed E-state index contributed by atoms with van der Waals surface area (Å²) in [6.45, 7) is 0.818. The van der Waals surface area contributed by atoms with Crippen molar-refractivity contribution in [3.8, 4) is 0 Å². The highest BCUT2D eigenvalue weighted by Gasteiger charge is 2.27. The molecule has 0 saturated heterocycles. The standard InChI is InChI=1S/C25H24N4O3/c30-22(13-19-6-1-2-10-26-19)29-11-9-21-18(15-29)14-27-24(31)23(21)25(32)28-20-8-7-16-4-3-5-17(16)12-20/h1-2,6-8,10,12,14H,3-5,9,11,13,15H2,(H,27,31)(H,28,32). The van der Waals surface area contributed by atoms with E-state index >= 15 is 0 Å². The van der Waals surface area contributed by atoms with Gasteiger partial charge in [-0.3, -0.25) is 19.4 Å². The molecule has 0 atom stereocenters. The number of fused-ring (bicyclic) bond motifs is 2. The number of aromatic nitrogens is 2. The molecule has 2 N–H and O–H groups in total. The highest BCUT2D eigenvalue weighted by Crippen LogP contribution is 2.26. The van der Waals surface area contributed by atoms with Gasteiger partial charge < -0.3 is 15.2 Å². The third-order valence-electron chi connectivity index (χ3n) is 6.28. The Morgan fingerprint density at radius 3 is 2.78 bits per heavy atom. The molecule has 3 aromatic rings. The average Bonchev–Trinajstić information content (AvgIpc) is 3.27. The molecule has 2 aliphatic rings. The van der Waals surface area contributed by atoms with Gasteiger partial charge in [0.25, 0.3) is 11.5 Å². The van der Waals surface area contributed by atoms with E-state index in [2.05, 4.69) is 15.3 Å². The normalized spacial score (nSPS) is 14.6. The lowest BCUT2D eigenvalue weighted by atomic mass is 9.96. The SMILES string of the molecule is O=C(Nc1ccc2c(c1)CCC2)c1c2c(c[nH]c1=O)CN(C(=O)Cc1ccccn1)CC2. The number of rotatable bonds is 4. The first-order valence-corrected chi connectivity index (χ1v) is 10.9. The number of benzene rings is 1. The Bertz CT molecular complexity index is 1250. The molecular weight excluding hydrogens is 404 g/mol. The van der Waals surface area contributed by atoms with E-state index in [0.29, 0.717) is 30.8 Å². The molecule has 7 nitrogen and oxygen atoms in total. The second kappa shape index (κ2) is 8.42. The van der Waals surface area contributed by atoms with Crippen LogP contribution >= 0.6 is 0 Å². The fourth-order valence-corrected chi connectivity index (χ4v) is 4.63. The Labute approximate surface area is 185 Å². The summed E-state index contributed by atoms with van der Waals surface area (Å²) in [7, 11) is 0. The average molecular weight is 428 g/mol. The van der Waals surface area contributed by atoms with Crippen molar-refractivity contribution in [1.82, 2.24) is 14.9 Å². The molecule has 2 aromatic heterocycles. The van der Waals surface area contributed by atoms with Crippen LogP contribution < -0.4 is 10.9 Å². The van der Waals surface area contributed by atoms with Crippen molar-refractivity contribution in [2.45, 2.75) is 38.6 Å². The predicted octanol–water partition coefficient (Wildman–Crippen LogP) is 2.64. The molecular formula is C25H24N4O3. The maximum absolute atomic E-state index is 13.0. The van der Waals surface area contributed by atoms with Gasteiger partial charge in [-0.25, -0.2) is 0 Å². The van der Waals surface area contributed by atoms with Crippen molar-refractivity contribution < 1.29 is 9.59 Å². The van der Waals surface area contributed by atoms with Crippen LogP contribution in [0.2, 0.25) is 0 Å². The number of hydrogen-bond donors (Lipinski definition) is 2. The Balaban J connectivity index is 1.35. The summed E-state index contributed by atoms with van der Waals surface area (Å²) in [6, 6.07) is 11.4. The molecule has 7 heteroatoms. The first-order valence-electron chi connectivity index (χ1n) is 10.9. The molecule has 0 saturated carbocycles. The Kier molecular flexibility index (Phi) is 5.31. The zero-order chi connectivity index (χ0) is 22.1. The molecule has 32 heavy (non-hydrogen) atoms. The van der Waals surface area contributed by atoms with E-state index in [1.165, 1.54) is 11.1 Å². The summed E-state index contributed by atoms with van der Waals surface area (Å²) in [5, 5.41) is 2.90. The van der Waals surface area contributed by atoms with E-state index in [1.807, 2.05) is 36.4 Å². The lowest BCUT2D eigenvalue weighted by molar-refractivity contribution is -0.131. The van der Waals surface area contributed by atoms with Gasteiger partial charge in [-0.15, -0.1) is 0 Å². The van der Waals surface area contributed by atoms with Crippen molar-refractivity contribution in [3.63, 3.8) is 0 Å². The van der Waals surface area contributed by atoms with Crippen LogP contribution in [0.5, 0.6) is 0 Å². The van der Waals surface area contributed by atoms with E-state index in [9.17, 15) is 14.4 Å². The van der Waals surface area contributed by atoms with Gasteiger partial charge in [0, 0.05) is 36.9 Å². The maximum Gasteiger partial charge on any atom is 0.261 e. The minimum absolute atomic E-state index is 0.0234. The fourth-order valence-electron chi connectivity index (χ4n) is 4.63. The molecule has 3 heterocycles. The van der Waals surface area contributed by atoms with E-state index in [-0.39, 0.29) is 17.9 Å². The number of nitrogens with one attached hydrogen (secondary N) is 2. The van der Waals surface area contributed by atoms with E-state index in [0.717, 1.165) is 30.5 Å². The number of pyridine rings is 2. The number of amides is 2. The summed E-state index contributed by atoms with van der Waals surface area (Å²) in [4.78, 5) is 47.0. The van der Waals surface area contributed by atoms with Gasteiger partial charge in [0.05, 0.1) is 6.42 Å². The second-order valence-electron chi connectivity index (χ2n) is 8.35. The molecule has 1 aliphatic carbocycles. The van der Waals surface area contributed by atoms with Crippen LogP contribution in [0.4, 0.5) is 5.69 Å². The highest BCUT2D eigenvalue weighted by atomic mass is 16.2.